The normalized spacial score (nSPS) is 12.0. The first-order valence-electron chi connectivity index (χ1n) is 6.77. The van der Waals surface area contributed by atoms with Crippen LogP contribution < -0.4 is 10.0 Å². The molecule has 134 valence electrons. The quantitative estimate of drug-likeness (QED) is 0.725. The topological polar surface area (TPSA) is 131 Å². The van der Waals surface area contributed by atoms with E-state index in [4.69, 9.17) is 17.3 Å². The van der Waals surface area contributed by atoms with Crippen molar-refractivity contribution in [3.63, 3.8) is 0 Å². The zero-order valence-corrected chi connectivity index (χ0v) is 15.5. The van der Waals surface area contributed by atoms with Gasteiger partial charge in [-0.25, -0.2) is 13.4 Å². The van der Waals surface area contributed by atoms with Crippen LogP contribution in [0.15, 0.2) is 34.7 Å². The second-order valence-electron chi connectivity index (χ2n) is 5.45. The zero-order valence-electron chi connectivity index (χ0n) is 13.1. The SMILES string of the molecule is CC(C)(O)C(=O)N(c1sccc1C(N)=O)S(=O)(=O)c1ccc(Cl)nc1. The Kier molecular flexibility index (Phi) is 5.19. The number of amides is 2. The van der Waals surface area contributed by atoms with E-state index in [1.165, 1.54) is 17.5 Å². The Morgan fingerprint density at radius 1 is 1.32 bits per heavy atom. The molecule has 0 saturated carbocycles. The Hall–Kier alpha value is -2.01. The molecule has 2 aromatic rings. The summed E-state index contributed by atoms with van der Waals surface area (Å²) in [6, 6.07) is 3.69. The number of hydrogen-bond acceptors (Lipinski definition) is 7. The number of primary amides is 1. The Labute approximate surface area is 152 Å². The van der Waals surface area contributed by atoms with Crippen molar-refractivity contribution in [2.45, 2.75) is 24.3 Å². The van der Waals surface area contributed by atoms with E-state index in [1.807, 2.05) is 0 Å². The molecule has 0 atom stereocenters. The fraction of sp³-hybridized carbons (Fsp3) is 0.214. The first kappa shape index (κ1) is 19.3. The number of nitrogens with zero attached hydrogens (tertiary/aromatic N) is 2. The minimum absolute atomic E-state index is 0.0632. The molecule has 0 aliphatic heterocycles. The lowest BCUT2D eigenvalue weighted by atomic mass is 10.1. The summed E-state index contributed by atoms with van der Waals surface area (Å²) in [4.78, 5) is 27.6. The predicted octanol–water partition coefficient (Wildman–Crippen LogP) is 1.39. The first-order chi connectivity index (χ1) is 11.5. The Balaban J connectivity index is 2.71. The summed E-state index contributed by atoms with van der Waals surface area (Å²) in [5.41, 5.74) is 3.07. The van der Waals surface area contributed by atoms with Gasteiger partial charge in [-0.15, -0.1) is 11.3 Å². The number of sulfonamides is 1. The summed E-state index contributed by atoms with van der Waals surface area (Å²) < 4.78 is 26.3. The van der Waals surface area contributed by atoms with Crippen LogP contribution in [-0.2, 0) is 14.8 Å². The molecule has 0 spiro atoms. The van der Waals surface area contributed by atoms with E-state index < -0.39 is 27.4 Å². The van der Waals surface area contributed by atoms with Gasteiger partial charge in [-0.05, 0) is 37.4 Å². The lowest BCUT2D eigenvalue weighted by Gasteiger charge is -2.27. The molecule has 0 aliphatic rings. The highest BCUT2D eigenvalue weighted by atomic mass is 35.5. The second kappa shape index (κ2) is 6.71. The van der Waals surface area contributed by atoms with Gasteiger partial charge in [0.15, 0.2) is 0 Å². The highest BCUT2D eigenvalue weighted by molar-refractivity contribution is 7.93. The zero-order chi connectivity index (χ0) is 19.0. The average molecular weight is 404 g/mol. The van der Waals surface area contributed by atoms with Crippen LogP contribution in [0.25, 0.3) is 0 Å². The molecule has 8 nitrogen and oxygen atoms in total. The number of halogens is 1. The first-order valence-corrected chi connectivity index (χ1v) is 9.47. The van der Waals surface area contributed by atoms with E-state index in [-0.39, 0.29) is 20.6 Å². The largest absolute Gasteiger partial charge is 0.381 e. The van der Waals surface area contributed by atoms with E-state index in [2.05, 4.69) is 4.98 Å². The summed E-state index contributed by atoms with van der Waals surface area (Å²) in [5, 5.41) is 11.3. The highest BCUT2D eigenvalue weighted by Crippen LogP contribution is 2.34. The van der Waals surface area contributed by atoms with Crippen molar-refractivity contribution < 1.29 is 23.1 Å². The minimum Gasteiger partial charge on any atom is -0.381 e. The third-order valence-electron chi connectivity index (χ3n) is 3.04. The second-order valence-corrected chi connectivity index (χ2v) is 8.52. The maximum atomic E-state index is 13.0. The summed E-state index contributed by atoms with van der Waals surface area (Å²) >= 11 is 6.48. The van der Waals surface area contributed by atoms with Crippen LogP contribution in [0.2, 0.25) is 5.15 Å². The number of aromatic nitrogens is 1. The number of nitrogens with two attached hydrogens (primary N) is 1. The monoisotopic (exact) mass is 403 g/mol. The van der Waals surface area contributed by atoms with E-state index in [9.17, 15) is 23.1 Å². The van der Waals surface area contributed by atoms with Gasteiger partial charge in [0.1, 0.15) is 20.7 Å². The fourth-order valence-corrected chi connectivity index (χ4v) is 4.56. The predicted molar refractivity (Wildman–Crippen MR) is 93.1 cm³/mol. The maximum absolute atomic E-state index is 13.0. The molecule has 2 rings (SSSR count). The van der Waals surface area contributed by atoms with Crippen LogP contribution in [0.3, 0.4) is 0 Å². The Morgan fingerprint density at radius 3 is 2.44 bits per heavy atom. The lowest BCUT2D eigenvalue weighted by molar-refractivity contribution is -0.132. The Bertz CT molecular complexity index is 917. The minimum atomic E-state index is -4.47. The number of anilines is 1. The molecule has 0 unspecified atom stereocenters. The molecule has 0 saturated heterocycles. The van der Waals surface area contributed by atoms with E-state index >= 15 is 0 Å². The van der Waals surface area contributed by atoms with E-state index in [1.54, 1.807) is 0 Å². The molecule has 0 radical (unpaired) electrons. The molecule has 0 fully saturated rings. The summed E-state index contributed by atoms with van der Waals surface area (Å²) in [6.45, 7) is 2.27. The summed E-state index contributed by atoms with van der Waals surface area (Å²) in [6.07, 6.45) is 0.972. The van der Waals surface area contributed by atoms with Crippen LogP contribution in [-0.4, -0.2) is 35.9 Å². The number of carbonyl (C=O) groups is 2. The van der Waals surface area contributed by atoms with Crippen LogP contribution >= 0.6 is 22.9 Å². The molecule has 2 amide bonds. The van der Waals surface area contributed by atoms with Crippen molar-refractivity contribution in [1.82, 2.24) is 4.98 Å². The van der Waals surface area contributed by atoms with E-state index in [0.29, 0.717) is 4.31 Å². The van der Waals surface area contributed by atoms with Gasteiger partial charge >= 0.3 is 0 Å². The molecule has 11 heteroatoms. The van der Waals surface area contributed by atoms with Crippen LogP contribution in [0.5, 0.6) is 0 Å². The molecule has 0 aliphatic carbocycles. The molecular formula is C14H14ClN3O5S2. The molecule has 0 bridgehead atoms. The van der Waals surface area contributed by atoms with Crippen LogP contribution in [0.4, 0.5) is 5.00 Å². The number of hydrogen-bond donors (Lipinski definition) is 2. The van der Waals surface area contributed by atoms with Gasteiger partial charge in [0.05, 0.1) is 5.56 Å². The van der Waals surface area contributed by atoms with Crippen molar-refractivity contribution in [3.8, 4) is 0 Å². The van der Waals surface area contributed by atoms with Crippen molar-refractivity contribution in [3.05, 3.63) is 40.5 Å². The fourth-order valence-electron chi connectivity index (χ4n) is 1.83. The van der Waals surface area contributed by atoms with Gasteiger partial charge in [-0.3, -0.25) is 9.59 Å². The van der Waals surface area contributed by atoms with Crippen molar-refractivity contribution in [2.75, 3.05) is 4.31 Å². The molecular weight excluding hydrogens is 390 g/mol. The summed E-state index contributed by atoms with van der Waals surface area (Å²) in [5.74, 6) is -2.05. The average Bonchev–Trinajstić information content (AvgIpc) is 2.96. The molecule has 2 aromatic heterocycles. The van der Waals surface area contributed by atoms with Crippen molar-refractivity contribution >= 4 is 49.8 Å². The number of aliphatic hydroxyl groups is 1. The summed E-state index contributed by atoms with van der Waals surface area (Å²) in [7, 11) is -4.47. The van der Waals surface area contributed by atoms with Gasteiger partial charge in [0.25, 0.3) is 21.8 Å². The highest BCUT2D eigenvalue weighted by Gasteiger charge is 2.41. The third-order valence-corrected chi connectivity index (χ3v) is 5.94. The number of rotatable bonds is 5. The van der Waals surface area contributed by atoms with Crippen molar-refractivity contribution in [2.24, 2.45) is 5.73 Å². The number of pyridine rings is 1. The molecule has 3 N–H and O–H groups in total. The van der Waals surface area contributed by atoms with Crippen LogP contribution in [0.1, 0.15) is 24.2 Å². The molecule has 25 heavy (non-hydrogen) atoms. The molecule has 0 aromatic carbocycles. The van der Waals surface area contributed by atoms with Crippen LogP contribution in [0, 0.1) is 0 Å². The third kappa shape index (κ3) is 3.82. The number of thiophene rings is 1. The van der Waals surface area contributed by atoms with Gasteiger partial charge in [-0.1, -0.05) is 11.6 Å². The van der Waals surface area contributed by atoms with E-state index in [0.717, 1.165) is 37.4 Å². The van der Waals surface area contributed by atoms with Gasteiger partial charge < -0.3 is 10.8 Å². The standard InChI is InChI=1S/C14H14ClN3O5S2/c1-14(2,21)13(20)18(12-9(11(16)19)5-6-24-12)25(22,23)8-3-4-10(15)17-7-8/h3-7,21H,1-2H3,(H2,16,19). The number of carbonyl (C=O) groups excluding carboxylic acids is 2. The van der Waals surface area contributed by atoms with Gasteiger partial charge in [0, 0.05) is 6.20 Å². The van der Waals surface area contributed by atoms with Crippen molar-refractivity contribution in [1.29, 1.82) is 0 Å². The Morgan fingerprint density at radius 2 is 1.96 bits per heavy atom. The lowest BCUT2D eigenvalue weighted by Crippen LogP contribution is -2.48. The molecule has 2 heterocycles. The van der Waals surface area contributed by atoms with Gasteiger partial charge in [-0.2, -0.15) is 4.31 Å². The maximum Gasteiger partial charge on any atom is 0.273 e. The smallest absolute Gasteiger partial charge is 0.273 e. The van der Waals surface area contributed by atoms with Gasteiger partial charge in [0.2, 0.25) is 0 Å².